The highest BCUT2D eigenvalue weighted by atomic mass is 35.5. The maximum Gasteiger partial charge on any atom is 0.313 e. The van der Waals surface area contributed by atoms with Gasteiger partial charge in [0.2, 0.25) is 0 Å². The maximum atomic E-state index is 11.8. The number of anilines is 1. The minimum absolute atomic E-state index is 0.383. The van der Waals surface area contributed by atoms with Crippen molar-refractivity contribution in [3.05, 3.63) is 23.2 Å². The Bertz CT molecular complexity index is 499. The highest BCUT2D eigenvalue weighted by Gasteiger charge is 2.24. The molecule has 1 aliphatic heterocycles. The van der Waals surface area contributed by atoms with E-state index in [9.17, 15) is 9.59 Å². The second-order valence-corrected chi connectivity index (χ2v) is 4.71. The minimum Gasteiger partial charge on any atom is -0.495 e. The summed E-state index contributed by atoms with van der Waals surface area (Å²) in [7, 11) is 1.51. The van der Waals surface area contributed by atoms with Gasteiger partial charge in [0.1, 0.15) is 5.75 Å². The fourth-order valence-electron chi connectivity index (χ4n) is 1.99. The van der Waals surface area contributed by atoms with Gasteiger partial charge in [0.15, 0.2) is 0 Å². The van der Waals surface area contributed by atoms with Crippen LogP contribution < -0.4 is 10.1 Å². The van der Waals surface area contributed by atoms with Crippen molar-refractivity contribution in [2.45, 2.75) is 12.8 Å². The number of halogens is 1. The fourth-order valence-corrected chi connectivity index (χ4v) is 2.25. The largest absolute Gasteiger partial charge is 0.495 e. The first-order valence-electron chi connectivity index (χ1n) is 6.05. The maximum absolute atomic E-state index is 11.8. The Balaban J connectivity index is 2.02. The van der Waals surface area contributed by atoms with Crippen molar-refractivity contribution in [1.29, 1.82) is 0 Å². The van der Waals surface area contributed by atoms with Gasteiger partial charge in [-0.25, -0.2) is 0 Å². The molecular formula is C13H15ClN2O3. The molecule has 1 fully saturated rings. The van der Waals surface area contributed by atoms with Crippen LogP contribution in [0.4, 0.5) is 5.69 Å². The van der Waals surface area contributed by atoms with Gasteiger partial charge >= 0.3 is 11.8 Å². The van der Waals surface area contributed by atoms with Crippen molar-refractivity contribution in [3.8, 4) is 5.75 Å². The molecule has 0 unspecified atom stereocenters. The summed E-state index contributed by atoms with van der Waals surface area (Å²) >= 11 is 5.95. The molecule has 0 saturated carbocycles. The summed E-state index contributed by atoms with van der Waals surface area (Å²) in [4.78, 5) is 25.2. The van der Waals surface area contributed by atoms with Crippen LogP contribution in [0.15, 0.2) is 18.2 Å². The zero-order chi connectivity index (χ0) is 13.8. The molecule has 0 bridgehead atoms. The van der Waals surface area contributed by atoms with Crippen molar-refractivity contribution in [2.75, 3.05) is 25.5 Å². The third kappa shape index (κ3) is 3.17. The molecule has 1 aliphatic rings. The van der Waals surface area contributed by atoms with Gasteiger partial charge in [0.05, 0.1) is 12.1 Å². The number of hydrogen-bond donors (Lipinski definition) is 1. The number of nitrogens with one attached hydrogen (secondary N) is 1. The number of methoxy groups -OCH3 is 1. The summed E-state index contributed by atoms with van der Waals surface area (Å²) in [5.74, 6) is -0.613. The average Bonchev–Trinajstić information content (AvgIpc) is 2.92. The molecule has 6 heteroatoms. The molecule has 0 spiro atoms. The first kappa shape index (κ1) is 13.7. The number of nitrogens with zero attached hydrogens (tertiary/aromatic N) is 1. The lowest BCUT2D eigenvalue weighted by Gasteiger charge is -2.14. The van der Waals surface area contributed by atoms with Crippen LogP contribution in [0.1, 0.15) is 12.8 Å². The van der Waals surface area contributed by atoms with E-state index in [0.717, 1.165) is 12.8 Å². The van der Waals surface area contributed by atoms with Gasteiger partial charge in [-0.15, -0.1) is 0 Å². The molecule has 1 aromatic rings. The average molecular weight is 283 g/mol. The highest BCUT2D eigenvalue weighted by molar-refractivity contribution is 6.39. The molecule has 1 saturated heterocycles. The van der Waals surface area contributed by atoms with E-state index in [1.54, 1.807) is 23.1 Å². The molecule has 1 heterocycles. The smallest absolute Gasteiger partial charge is 0.313 e. The van der Waals surface area contributed by atoms with Crippen LogP contribution in [0, 0.1) is 0 Å². The molecule has 0 aliphatic carbocycles. The Kier molecular flexibility index (Phi) is 4.27. The second kappa shape index (κ2) is 5.93. The predicted octanol–water partition coefficient (Wildman–Crippen LogP) is 1.91. The van der Waals surface area contributed by atoms with Crippen molar-refractivity contribution < 1.29 is 14.3 Å². The van der Waals surface area contributed by atoms with E-state index in [2.05, 4.69) is 5.32 Å². The number of hydrogen-bond acceptors (Lipinski definition) is 3. The Morgan fingerprint density at radius 1 is 1.32 bits per heavy atom. The van der Waals surface area contributed by atoms with Gasteiger partial charge < -0.3 is 15.0 Å². The summed E-state index contributed by atoms with van der Waals surface area (Å²) in [6.45, 7) is 1.30. The third-order valence-corrected chi connectivity index (χ3v) is 3.29. The predicted molar refractivity (Wildman–Crippen MR) is 72.4 cm³/mol. The molecule has 19 heavy (non-hydrogen) atoms. The lowest BCUT2D eigenvalue weighted by molar-refractivity contribution is -0.142. The van der Waals surface area contributed by atoms with E-state index in [-0.39, 0.29) is 0 Å². The van der Waals surface area contributed by atoms with Crippen molar-refractivity contribution >= 4 is 29.1 Å². The van der Waals surface area contributed by atoms with Crippen LogP contribution >= 0.6 is 11.6 Å². The highest BCUT2D eigenvalue weighted by Crippen LogP contribution is 2.27. The summed E-state index contributed by atoms with van der Waals surface area (Å²) < 4.78 is 5.01. The molecular weight excluding hydrogens is 268 g/mol. The van der Waals surface area contributed by atoms with E-state index in [0.29, 0.717) is 29.5 Å². The zero-order valence-electron chi connectivity index (χ0n) is 10.6. The normalized spacial score (nSPS) is 14.3. The summed E-state index contributed by atoms with van der Waals surface area (Å²) in [6.07, 6.45) is 1.90. The number of ether oxygens (including phenoxy) is 1. The van der Waals surface area contributed by atoms with Crippen LogP contribution in [0.25, 0.3) is 0 Å². The lowest BCUT2D eigenvalue weighted by Crippen LogP contribution is -2.37. The molecule has 2 rings (SSSR count). The second-order valence-electron chi connectivity index (χ2n) is 4.30. The van der Waals surface area contributed by atoms with Gasteiger partial charge in [-0.3, -0.25) is 9.59 Å². The molecule has 0 aromatic heterocycles. The Labute approximate surface area is 116 Å². The van der Waals surface area contributed by atoms with Crippen molar-refractivity contribution in [3.63, 3.8) is 0 Å². The van der Waals surface area contributed by atoms with Gasteiger partial charge in [0, 0.05) is 18.8 Å². The monoisotopic (exact) mass is 282 g/mol. The standard InChI is InChI=1S/C13H15ClN2O3/c1-19-11-5-4-9(8-10(11)14)15-12(17)13(18)16-6-2-3-7-16/h4-5,8H,2-3,6-7H2,1H3,(H,15,17). The molecule has 102 valence electrons. The fraction of sp³-hybridized carbons (Fsp3) is 0.385. The quantitative estimate of drug-likeness (QED) is 0.843. The molecule has 0 radical (unpaired) electrons. The Morgan fingerprint density at radius 3 is 2.58 bits per heavy atom. The van der Waals surface area contributed by atoms with E-state index in [1.165, 1.54) is 7.11 Å². The summed E-state index contributed by atoms with van der Waals surface area (Å²) in [5.41, 5.74) is 0.475. The summed E-state index contributed by atoms with van der Waals surface area (Å²) in [5, 5.41) is 2.92. The number of likely N-dealkylation sites (tertiary alicyclic amines) is 1. The number of benzene rings is 1. The first-order valence-corrected chi connectivity index (χ1v) is 6.43. The molecule has 2 amide bonds. The molecule has 1 aromatic carbocycles. The van der Waals surface area contributed by atoms with Crippen LogP contribution in [0.5, 0.6) is 5.75 Å². The van der Waals surface area contributed by atoms with E-state index >= 15 is 0 Å². The number of amides is 2. The van der Waals surface area contributed by atoms with Gasteiger partial charge in [-0.05, 0) is 31.0 Å². The van der Waals surface area contributed by atoms with Gasteiger partial charge in [-0.1, -0.05) is 11.6 Å². The minimum atomic E-state index is -0.636. The van der Waals surface area contributed by atoms with Crippen LogP contribution in [-0.2, 0) is 9.59 Å². The third-order valence-electron chi connectivity index (χ3n) is 3.00. The zero-order valence-corrected chi connectivity index (χ0v) is 11.4. The van der Waals surface area contributed by atoms with E-state index in [1.807, 2.05) is 0 Å². The van der Waals surface area contributed by atoms with Crippen molar-refractivity contribution in [2.24, 2.45) is 0 Å². The Hall–Kier alpha value is -1.75. The number of carbonyl (C=O) groups excluding carboxylic acids is 2. The molecule has 5 nitrogen and oxygen atoms in total. The van der Waals surface area contributed by atoms with E-state index in [4.69, 9.17) is 16.3 Å². The first-order chi connectivity index (χ1) is 9.11. The van der Waals surface area contributed by atoms with Gasteiger partial charge in [-0.2, -0.15) is 0 Å². The SMILES string of the molecule is COc1ccc(NC(=O)C(=O)N2CCCC2)cc1Cl. The number of rotatable bonds is 2. The van der Waals surface area contributed by atoms with Crippen molar-refractivity contribution in [1.82, 2.24) is 4.90 Å². The lowest BCUT2D eigenvalue weighted by atomic mass is 10.3. The number of carbonyl (C=O) groups is 2. The topological polar surface area (TPSA) is 58.6 Å². The van der Waals surface area contributed by atoms with Gasteiger partial charge in [0.25, 0.3) is 0 Å². The molecule has 0 atom stereocenters. The van der Waals surface area contributed by atoms with Crippen LogP contribution in [-0.4, -0.2) is 36.9 Å². The van der Waals surface area contributed by atoms with E-state index < -0.39 is 11.8 Å². The Morgan fingerprint density at radius 2 is 2.00 bits per heavy atom. The van der Waals surface area contributed by atoms with Crippen LogP contribution in [0.2, 0.25) is 5.02 Å². The molecule has 1 N–H and O–H groups in total. The summed E-state index contributed by atoms with van der Waals surface area (Å²) in [6, 6.07) is 4.83. The van der Waals surface area contributed by atoms with Crippen LogP contribution in [0.3, 0.4) is 0 Å².